The maximum atomic E-state index is 12.3. The van der Waals surface area contributed by atoms with Gasteiger partial charge in [0.1, 0.15) is 5.75 Å². The number of amides is 1. The number of hydrogen-bond acceptors (Lipinski definition) is 3. The standard InChI is InChI=1S/C18H17BrN2O2S/c1-3-23-13-9-7-12(8-10-13)11-16(22)20-18-21(2)17-14(19)5-4-6-15(17)24-18/h4-10H,3,11H2,1-2H3. The van der Waals surface area contributed by atoms with Gasteiger partial charge in [-0.3, -0.25) is 4.79 Å². The lowest BCUT2D eigenvalue weighted by atomic mass is 10.1. The van der Waals surface area contributed by atoms with E-state index in [0.717, 1.165) is 26.0 Å². The predicted octanol–water partition coefficient (Wildman–Crippen LogP) is 4.07. The zero-order chi connectivity index (χ0) is 17.1. The minimum absolute atomic E-state index is 0.155. The summed E-state index contributed by atoms with van der Waals surface area (Å²) in [6, 6.07) is 13.6. The molecule has 6 heteroatoms. The van der Waals surface area contributed by atoms with Crippen LogP contribution in [0.3, 0.4) is 0 Å². The summed E-state index contributed by atoms with van der Waals surface area (Å²) in [5.74, 6) is 0.656. The number of carbonyl (C=O) groups excluding carboxylic acids is 1. The topological polar surface area (TPSA) is 43.6 Å². The van der Waals surface area contributed by atoms with Crippen LogP contribution in [0.2, 0.25) is 0 Å². The van der Waals surface area contributed by atoms with Crippen LogP contribution in [-0.4, -0.2) is 17.1 Å². The van der Waals surface area contributed by atoms with Gasteiger partial charge in [-0.2, -0.15) is 4.99 Å². The molecule has 1 heterocycles. The van der Waals surface area contributed by atoms with Gasteiger partial charge in [-0.15, -0.1) is 0 Å². The maximum absolute atomic E-state index is 12.3. The quantitative estimate of drug-likeness (QED) is 0.657. The van der Waals surface area contributed by atoms with Crippen molar-refractivity contribution in [3.63, 3.8) is 0 Å². The average molecular weight is 405 g/mol. The molecule has 0 atom stereocenters. The molecule has 0 aliphatic carbocycles. The number of nitrogens with zero attached hydrogens (tertiary/aromatic N) is 2. The first-order valence-electron chi connectivity index (χ1n) is 7.62. The Labute approximate surface area is 152 Å². The summed E-state index contributed by atoms with van der Waals surface area (Å²) in [6.07, 6.45) is 0.280. The van der Waals surface area contributed by atoms with Gasteiger partial charge in [-0.05, 0) is 52.7 Å². The molecule has 0 aliphatic rings. The van der Waals surface area contributed by atoms with E-state index in [4.69, 9.17) is 4.74 Å². The number of para-hydroxylation sites is 1. The van der Waals surface area contributed by atoms with Crippen LogP contribution in [0.15, 0.2) is 51.9 Å². The molecule has 0 radical (unpaired) electrons. The number of hydrogen-bond donors (Lipinski definition) is 0. The first-order chi connectivity index (χ1) is 11.6. The maximum Gasteiger partial charge on any atom is 0.252 e. The Hall–Kier alpha value is -1.92. The summed E-state index contributed by atoms with van der Waals surface area (Å²) in [5, 5.41) is 0. The number of ether oxygens (including phenoxy) is 1. The second kappa shape index (κ2) is 7.32. The van der Waals surface area contributed by atoms with Crippen LogP contribution in [0, 0.1) is 0 Å². The molecule has 124 valence electrons. The molecule has 24 heavy (non-hydrogen) atoms. The van der Waals surface area contributed by atoms with Crippen molar-refractivity contribution < 1.29 is 9.53 Å². The molecule has 4 nitrogen and oxygen atoms in total. The zero-order valence-electron chi connectivity index (χ0n) is 13.5. The minimum atomic E-state index is -0.155. The van der Waals surface area contributed by atoms with Crippen molar-refractivity contribution in [1.29, 1.82) is 0 Å². The molecule has 0 fully saturated rings. The molecule has 0 aliphatic heterocycles. The number of rotatable bonds is 4. The average Bonchev–Trinajstić information content (AvgIpc) is 2.87. The van der Waals surface area contributed by atoms with Crippen LogP contribution in [-0.2, 0) is 18.3 Å². The second-order valence-electron chi connectivity index (χ2n) is 5.29. The Kier molecular flexibility index (Phi) is 5.16. The van der Waals surface area contributed by atoms with Gasteiger partial charge in [0.25, 0.3) is 5.91 Å². The number of benzene rings is 2. The fourth-order valence-corrected chi connectivity index (χ4v) is 4.28. The summed E-state index contributed by atoms with van der Waals surface area (Å²) in [7, 11) is 1.92. The second-order valence-corrected chi connectivity index (χ2v) is 7.15. The van der Waals surface area contributed by atoms with Crippen molar-refractivity contribution in [3.8, 4) is 5.75 Å². The fourth-order valence-electron chi connectivity index (χ4n) is 2.45. The van der Waals surface area contributed by atoms with Crippen molar-refractivity contribution in [2.75, 3.05) is 6.61 Å². The lowest BCUT2D eigenvalue weighted by Crippen LogP contribution is -2.14. The Morgan fingerprint density at radius 2 is 2.00 bits per heavy atom. The SMILES string of the molecule is CCOc1ccc(CC(=O)N=c2sc3cccc(Br)c3n2C)cc1. The Morgan fingerprint density at radius 3 is 2.67 bits per heavy atom. The minimum Gasteiger partial charge on any atom is -0.494 e. The van der Waals surface area contributed by atoms with Gasteiger partial charge in [0.15, 0.2) is 4.80 Å². The molecular weight excluding hydrogens is 388 g/mol. The molecule has 0 N–H and O–H groups in total. The van der Waals surface area contributed by atoms with E-state index in [0.29, 0.717) is 11.4 Å². The van der Waals surface area contributed by atoms with Crippen LogP contribution in [0.1, 0.15) is 12.5 Å². The summed E-state index contributed by atoms with van der Waals surface area (Å²) >= 11 is 5.06. The van der Waals surface area contributed by atoms with Gasteiger partial charge in [0.05, 0.1) is 23.2 Å². The smallest absolute Gasteiger partial charge is 0.252 e. The first-order valence-corrected chi connectivity index (χ1v) is 9.22. The van der Waals surface area contributed by atoms with Crippen LogP contribution < -0.4 is 9.54 Å². The number of halogens is 1. The van der Waals surface area contributed by atoms with Gasteiger partial charge in [-0.25, -0.2) is 0 Å². The van der Waals surface area contributed by atoms with E-state index >= 15 is 0 Å². The zero-order valence-corrected chi connectivity index (χ0v) is 15.9. The van der Waals surface area contributed by atoms with Crippen molar-refractivity contribution in [2.45, 2.75) is 13.3 Å². The highest BCUT2D eigenvalue weighted by Gasteiger charge is 2.08. The first kappa shape index (κ1) is 16.9. The third kappa shape index (κ3) is 3.60. The highest BCUT2D eigenvalue weighted by Crippen LogP contribution is 2.24. The van der Waals surface area contributed by atoms with Crippen LogP contribution in [0.4, 0.5) is 0 Å². The predicted molar refractivity (Wildman–Crippen MR) is 100 cm³/mol. The number of carbonyl (C=O) groups is 1. The summed E-state index contributed by atoms with van der Waals surface area (Å²) in [4.78, 5) is 17.3. The molecule has 3 aromatic rings. The number of aryl methyl sites for hydroxylation is 1. The van der Waals surface area contributed by atoms with Crippen molar-refractivity contribution in [3.05, 3.63) is 57.3 Å². The normalized spacial score (nSPS) is 11.9. The Balaban J connectivity index is 1.84. The lowest BCUT2D eigenvalue weighted by Gasteiger charge is -2.03. The van der Waals surface area contributed by atoms with E-state index in [9.17, 15) is 4.79 Å². The van der Waals surface area contributed by atoms with E-state index in [1.165, 1.54) is 11.3 Å². The summed E-state index contributed by atoms with van der Waals surface area (Å²) in [5.41, 5.74) is 1.98. The van der Waals surface area contributed by atoms with Crippen molar-refractivity contribution >= 4 is 43.4 Å². The molecule has 0 saturated heterocycles. The van der Waals surface area contributed by atoms with E-state index in [1.807, 2.05) is 61.0 Å². The van der Waals surface area contributed by atoms with Gasteiger partial charge in [0.2, 0.25) is 0 Å². The largest absolute Gasteiger partial charge is 0.494 e. The number of thiazole rings is 1. The summed E-state index contributed by atoms with van der Waals surface area (Å²) < 4.78 is 9.45. The molecular formula is C18H17BrN2O2S. The molecule has 1 amide bonds. The van der Waals surface area contributed by atoms with Crippen molar-refractivity contribution in [1.82, 2.24) is 4.57 Å². The van der Waals surface area contributed by atoms with E-state index in [2.05, 4.69) is 20.9 Å². The van der Waals surface area contributed by atoms with Gasteiger partial charge in [-0.1, -0.05) is 29.5 Å². The van der Waals surface area contributed by atoms with E-state index < -0.39 is 0 Å². The van der Waals surface area contributed by atoms with Gasteiger partial charge < -0.3 is 9.30 Å². The highest BCUT2D eigenvalue weighted by atomic mass is 79.9. The number of fused-ring (bicyclic) bond motifs is 1. The van der Waals surface area contributed by atoms with E-state index in [1.54, 1.807) is 0 Å². The molecule has 1 aromatic heterocycles. The fraction of sp³-hybridized carbons (Fsp3) is 0.222. The van der Waals surface area contributed by atoms with Crippen LogP contribution in [0.25, 0.3) is 10.2 Å². The Morgan fingerprint density at radius 1 is 1.25 bits per heavy atom. The lowest BCUT2D eigenvalue weighted by molar-refractivity contribution is -0.117. The van der Waals surface area contributed by atoms with Gasteiger partial charge in [0, 0.05) is 11.5 Å². The molecule has 0 bridgehead atoms. The Bertz CT molecular complexity index is 942. The summed E-state index contributed by atoms with van der Waals surface area (Å²) in [6.45, 7) is 2.57. The molecule has 0 saturated carbocycles. The number of aromatic nitrogens is 1. The highest BCUT2D eigenvalue weighted by molar-refractivity contribution is 9.10. The molecule has 0 unspecified atom stereocenters. The molecule has 0 spiro atoms. The van der Waals surface area contributed by atoms with Crippen molar-refractivity contribution in [2.24, 2.45) is 12.0 Å². The molecule has 2 aromatic carbocycles. The van der Waals surface area contributed by atoms with E-state index in [-0.39, 0.29) is 12.3 Å². The van der Waals surface area contributed by atoms with Crippen LogP contribution >= 0.6 is 27.3 Å². The molecule has 3 rings (SSSR count). The third-order valence-corrected chi connectivity index (χ3v) is 5.32. The monoisotopic (exact) mass is 404 g/mol. The van der Waals surface area contributed by atoms with Crippen LogP contribution in [0.5, 0.6) is 5.75 Å². The third-order valence-electron chi connectivity index (χ3n) is 3.58. The van der Waals surface area contributed by atoms with Gasteiger partial charge >= 0.3 is 0 Å².